The van der Waals surface area contributed by atoms with E-state index in [0.29, 0.717) is 19.0 Å². The third-order valence-electron chi connectivity index (χ3n) is 5.74. The van der Waals surface area contributed by atoms with Crippen LogP contribution in [-0.4, -0.2) is 52.7 Å². The van der Waals surface area contributed by atoms with E-state index in [4.69, 9.17) is 19.4 Å². The maximum absolute atomic E-state index is 6.12. The molecule has 0 saturated carbocycles. The lowest BCUT2D eigenvalue weighted by atomic mass is 10.1. The predicted molar refractivity (Wildman–Crippen MR) is 127 cm³/mol. The summed E-state index contributed by atoms with van der Waals surface area (Å²) in [5.41, 5.74) is 4.53. The molecule has 1 aliphatic rings. The highest BCUT2D eigenvalue weighted by Crippen LogP contribution is 2.38. The molecule has 0 amide bonds. The highest BCUT2D eigenvalue weighted by molar-refractivity contribution is 7.17. The predicted octanol–water partition coefficient (Wildman–Crippen LogP) is 4.22. The third kappa shape index (κ3) is 4.13. The number of ether oxygens (including phenoxy) is 2. The molecule has 1 saturated heterocycles. The fourth-order valence-corrected chi connectivity index (χ4v) is 5.25. The van der Waals surface area contributed by atoms with Crippen molar-refractivity contribution < 1.29 is 9.47 Å². The van der Waals surface area contributed by atoms with Gasteiger partial charge in [-0.3, -0.25) is 4.68 Å². The number of thiophene rings is 1. The van der Waals surface area contributed by atoms with Gasteiger partial charge >= 0.3 is 0 Å². The lowest BCUT2D eigenvalue weighted by Gasteiger charge is -2.34. The Balaban J connectivity index is 1.52. The number of aryl methyl sites for hydroxylation is 2. The van der Waals surface area contributed by atoms with Crippen LogP contribution in [0.4, 0.5) is 5.82 Å². The summed E-state index contributed by atoms with van der Waals surface area (Å²) < 4.78 is 13.5. The first-order valence-corrected chi connectivity index (χ1v) is 11.7. The van der Waals surface area contributed by atoms with Crippen LogP contribution < -0.4 is 4.90 Å². The Labute approximate surface area is 191 Å². The van der Waals surface area contributed by atoms with E-state index in [0.717, 1.165) is 47.1 Å². The summed E-state index contributed by atoms with van der Waals surface area (Å²) in [6, 6.07) is 12.6. The van der Waals surface area contributed by atoms with Gasteiger partial charge in [0.25, 0.3) is 0 Å². The highest BCUT2D eigenvalue weighted by atomic mass is 32.1. The summed E-state index contributed by atoms with van der Waals surface area (Å²) in [6.07, 6.45) is 0.0384. The van der Waals surface area contributed by atoms with Gasteiger partial charge in [0.1, 0.15) is 17.3 Å². The zero-order chi connectivity index (χ0) is 22.1. The second kappa shape index (κ2) is 8.97. The first kappa shape index (κ1) is 21.1. The Bertz CT molecular complexity index is 1220. The molecule has 0 aliphatic carbocycles. The summed E-state index contributed by atoms with van der Waals surface area (Å²) in [7, 11) is 1.68. The van der Waals surface area contributed by atoms with Crippen molar-refractivity contribution in [1.29, 1.82) is 0 Å². The van der Waals surface area contributed by atoms with E-state index < -0.39 is 0 Å². The zero-order valence-electron chi connectivity index (χ0n) is 18.6. The quantitative estimate of drug-likeness (QED) is 0.439. The van der Waals surface area contributed by atoms with Crippen LogP contribution in [0.2, 0.25) is 0 Å². The molecule has 1 fully saturated rings. The summed E-state index contributed by atoms with van der Waals surface area (Å²) in [5, 5.41) is 7.90. The van der Waals surface area contributed by atoms with Crippen molar-refractivity contribution in [3.63, 3.8) is 0 Å². The minimum absolute atomic E-state index is 0.0384. The van der Waals surface area contributed by atoms with E-state index in [1.54, 1.807) is 18.4 Å². The third-order valence-corrected chi connectivity index (χ3v) is 6.61. The van der Waals surface area contributed by atoms with E-state index >= 15 is 0 Å². The molecule has 7 nitrogen and oxygen atoms in total. The number of methoxy groups -OCH3 is 1. The number of fused-ring (bicyclic) bond motifs is 1. The Morgan fingerprint density at radius 1 is 1.19 bits per heavy atom. The van der Waals surface area contributed by atoms with Gasteiger partial charge in [0, 0.05) is 36.8 Å². The van der Waals surface area contributed by atoms with Crippen molar-refractivity contribution >= 4 is 27.4 Å². The van der Waals surface area contributed by atoms with Gasteiger partial charge in [-0.05, 0) is 25.5 Å². The fourth-order valence-electron chi connectivity index (χ4n) is 4.29. The van der Waals surface area contributed by atoms with Crippen LogP contribution in [-0.2, 0) is 22.6 Å². The fraction of sp³-hybridized carbons (Fsp3) is 0.375. The first-order valence-electron chi connectivity index (χ1n) is 10.8. The molecular formula is C24H27N5O2S. The van der Waals surface area contributed by atoms with Crippen molar-refractivity contribution in [1.82, 2.24) is 19.7 Å². The highest BCUT2D eigenvalue weighted by Gasteiger charge is 2.26. The van der Waals surface area contributed by atoms with Gasteiger partial charge in [-0.25, -0.2) is 9.97 Å². The first-order chi connectivity index (χ1) is 15.6. The van der Waals surface area contributed by atoms with Gasteiger partial charge in [0.2, 0.25) is 0 Å². The average molecular weight is 450 g/mol. The molecule has 1 atom stereocenters. The largest absolute Gasteiger partial charge is 0.377 e. The Hall–Kier alpha value is -2.81. The lowest BCUT2D eigenvalue weighted by molar-refractivity contribution is 0.0268. The molecule has 0 bridgehead atoms. The van der Waals surface area contributed by atoms with Crippen LogP contribution >= 0.6 is 11.3 Å². The van der Waals surface area contributed by atoms with Crippen molar-refractivity contribution in [2.75, 3.05) is 31.7 Å². The molecule has 166 valence electrons. The number of anilines is 1. The van der Waals surface area contributed by atoms with E-state index in [1.165, 1.54) is 11.1 Å². The van der Waals surface area contributed by atoms with Crippen LogP contribution in [0.15, 0.2) is 41.8 Å². The average Bonchev–Trinajstić information content (AvgIpc) is 3.36. The minimum Gasteiger partial charge on any atom is -0.377 e. The van der Waals surface area contributed by atoms with E-state index in [1.807, 2.05) is 17.7 Å². The standard InChI is InChI=1S/C24H27N5O2S/c1-16-11-17(2)29(27-16)13-19-12-28(9-10-31-19)23-22-20(18-7-5-4-6-8-18)15-32-24(22)26-21(25-23)14-30-3/h4-8,11,15,19H,9-10,12-14H2,1-3H3. The molecular weight excluding hydrogens is 422 g/mol. The molecule has 5 rings (SSSR count). The summed E-state index contributed by atoms with van der Waals surface area (Å²) >= 11 is 1.66. The molecule has 4 heterocycles. The minimum atomic E-state index is 0.0384. The smallest absolute Gasteiger partial charge is 0.158 e. The SMILES string of the molecule is COCc1nc(N2CCOC(Cn3nc(C)cc3C)C2)c2c(-c3ccccc3)csc2n1. The topological polar surface area (TPSA) is 65.3 Å². The maximum atomic E-state index is 6.12. The van der Waals surface area contributed by atoms with Gasteiger partial charge in [-0.15, -0.1) is 11.3 Å². The van der Waals surface area contributed by atoms with E-state index in [9.17, 15) is 0 Å². The second-order valence-electron chi connectivity index (χ2n) is 8.14. The van der Waals surface area contributed by atoms with Crippen molar-refractivity contribution in [2.45, 2.75) is 33.1 Å². The molecule has 4 aromatic rings. The molecule has 32 heavy (non-hydrogen) atoms. The summed E-state index contributed by atoms with van der Waals surface area (Å²) in [5.74, 6) is 1.67. The van der Waals surface area contributed by atoms with Crippen LogP contribution in [0.5, 0.6) is 0 Å². The Morgan fingerprint density at radius 3 is 2.78 bits per heavy atom. The van der Waals surface area contributed by atoms with Crippen molar-refractivity contribution in [2.24, 2.45) is 0 Å². The Morgan fingerprint density at radius 2 is 2.03 bits per heavy atom. The second-order valence-corrected chi connectivity index (χ2v) is 9.00. The maximum Gasteiger partial charge on any atom is 0.158 e. The van der Waals surface area contributed by atoms with Gasteiger partial charge in [0.05, 0.1) is 30.3 Å². The monoisotopic (exact) mass is 449 g/mol. The molecule has 0 spiro atoms. The number of hydrogen-bond acceptors (Lipinski definition) is 7. The van der Waals surface area contributed by atoms with Gasteiger partial charge < -0.3 is 14.4 Å². The molecule has 3 aromatic heterocycles. The van der Waals surface area contributed by atoms with Crippen LogP contribution in [0.25, 0.3) is 21.3 Å². The van der Waals surface area contributed by atoms with Gasteiger partial charge in [-0.2, -0.15) is 5.10 Å². The lowest BCUT2D eigenvalue weighted by Crippen LogP contribution is -2.45. The number of aromatic nitrogens is 4. The van der Waals surface area contributed by atoms with E-state index in [-0.39, 0.29) is 6.10 Å². The van der Waals surface area contributed by atoms with Gasteiger partial charge in [-0.1, -0.05) is 30.3 Å². The molecule has 1 aromatic carbocycles. The zero-order valence-corrected chi connectivity index (χ0v) is 19.4. The van der Waals surface area contributed by atoms with Crippen LogP contribution in [0, 0.1) is 13.8 Å². The molecule has 1 unspecified atom stereocenters. The van der Waals surface area contributed by atoms with E-state index in [2.05, 4.69) is 52.6 Å². The number of nitrogens with zero attached hydrogens (tertiary/aromatic N) is 5. The van der Waals surface area contributed by atoms with Crippen molar-refractivity contribution in [3.8, 4) is 11.1 Å². The molecule has 0 N–H and O–H groups in total. The van der Waals surface area contributed by atoms with Crippen LogP contribution in [0.1, 0.15) is 17.2 Å². The molecule has 0 radical (unpaired) electrons. The molecule has 1 aliphatic heterocycles. The Kier molecular flexibility index (Phi) is 5.91. The summed E-state index contributed by atoms with van der Waals surface area (Å²) in [4.78, 5) is 13.1. The number of morpholine rings is 1. The summed E-state index contributed by atoms with van der Waals surface area (Å²) in [6.45, 7) is 7.42. The normalized spacial score (nSPS) is 16.7. The molecule has 8 heteroatoms. The van der Waals surface area contributed by atoms with Crippen molar-refractivity contribution in [3.05, 3.63) is 59.0 Å². The number of rotatable bonds is 6. The van der Waals surface area contributed by atoms with Crippen LogP contribution in [0.3, 0.4) is 0 Å². The number of hydrogen-bond donors (Lipinski definition) is 0. The number of benzene rings is 1. The van der Waals surface area contributed by atoms with Gasteiger partial charge in [0.15, 0.2) is 5.82 Å².